The Morgan fingerprint density at radius 3 is 2.46 bits per heavy atom. The maximum Gasteiger partial charge on any atom is 0.343 e. The third-order valence-electron chi connectivity index (χ3n) is 3.25. The van der Waals surface area contributed by atoms with Crippen molar-refractivity contribution in [3.8, 4) is 0 Å². The van der Waals surface area contributed by atoms with Crippen LogP contribution in [0.15, 0.2) is 42.5 Å². The van der Waals surface area contributed by atoms with Gasteiger partial charge < -0.3 is 10.1 Å². The fourth-order valence-electron chi connectivity index (χ4n) is 2.01. The lowest BCUT2D eigenvalue weighted by atomic mass is 10.1. The van der Waals surface area contributed by atoms with Crippen molar-refractivity contribution in [2.45, 2.75) is 13.0 Å². The number of carbonyl (C=O) groups excluding carboxylic acids is 2. The lowest BCUT2D eigenvalue weighted by Gasteiger charge is -2.14. The zero-order valence-electron chi connectivity index (χ0n) is 12.7. The predicted molar refractivity (Wildman–Crippen MR) is 84.7 cm³/mol. The van der Waals surface area contributed by atoms with E-state index in [0.717, 1.165) is 6.07 Å². The number of hydrogen-bond acceptors (Lipinski definition) is 3. The lowest BCUT2D eigenvalue weighted by Crippen LogP contribution is -2.31. The number of esters is 1. The summed E-state index contributed by atoms with van der Waals surface area (Å²) in [5.41, 5.74) is 0.270. The van der Waals surface area contributed by atoms with E-state index in [1.165, 1.54) is 36.4 Å². The Hall–Kier alpha value is -2.47. The molecule has 0 heterocycles. The number of ether oxygens (including phenoxy) is 1. The number of rotatable bonds is 5. The van der Waals surface area contributed by atoms with Gasteiger partial charge in [0.25, 0.3) is 5.91 Å². The quantitative estimate of drug-likeness (QED) is 0.835. The first-order valence-corrected chi connectivity index (χ1v) is 7.42. The SMILES string of the molecule is C[C@H](NC(=O)COC(=O)c1c(F)cccc1Cl)c1ccc(F)cc1. The highest BCUT2D eigenvalue weighted by Gasteiger charge is 2.19. The number of amides is 1. The average Bonchev–Trinajstić information content (AvgIpc) is 2.53. The lowest BCUT2D eigenvalue weighted by molar-refractivity contribution is -0.124. The summed E-state index contributed by atoms with van der Waals surface area (Å²) in [5.74, 6) is -2.81. The Bertz CT molecular complexity index is 730. The zero-order chi connectivity index (χ0) is 17.7. The van der Waals surface area contributed by atoms with Crippen LogP contribution < -0.4 is 5.32 Å². The largest absolute Gasteiger partial charge is 0.452 e. The summed E-state index contributed by atoms with van der Waals surface area (Å²) >= 11 is 5.74. The van der Waals surface area contributed by atoms with Crippen molar-refractivity contribution in [1.82, 2.24) is 5.32 Å². The van der Waals surface area contributed by atoms with Crippen LogP contribution in [0.3, 0.4) is 0 Å². The molecule has 0 saturated heterocycles. The van der Waals surface area contributed by atoms with Gasteiger partial charge in [0.15, 0.2) is 6.61 Å². The minimum absolute atomic E-state index is 0.0971. The first kappa shape index (κ1) is 17.9. The topological polar surface area (TPSA) is 55.4 Å². The van der Waals surface area contributed by atoms with Gasteiger partial charge in [0.2, 0.25) is 0 Å². The molecule has 0 radical (unpaired) electrons. The summed E-state index contributed by atoms with van der Waals surface area (Å²) in [6.45, 7) is 1.11. The van der Waals surface area contributed by atoms with Gasteiger partial charge in [-0.3, -0.25) is 4.79 Å². The smallest absolute Gasteiger partial charge is 0.343 e. The van der Waals surface area contributed by atoms with Gasteiger partial charge in [0.1, 0.15) is 17.2 Å². The molecule has 7 heteroatoms. The van der Waals surface area contributed by atoms with E-state index >= 15 is 0 Å². The van der Waals surface area contributed by atoms with Gasteiger partial charge in [0, 0.05) is 0 Å². The number of nitrogens with one attached hydrogen (secondary N) is 1. The normalized spacial score (nSPS) is 11.7. The summed E-state index contributed by atoms with van der Waals surface area (Å²) in [4.78, 5) is 23.6. The molecule has 4 nitrogen and oxygen atoms in total. The van der Waals surface area contributed by atoms with E-state index < -0.39 is 35.9 Å². The molecule has 1 atom stereocenters. The molecule has 2 aromatic carbocycles. The number of benzene rings is 2. The number of carbonyl (C=O) groups is 2. The molecule has 0 bridgehead atoms. The molecule has 24 heavy (non-hydrogen) atoms. The molecular formula is C17H14ClF2NO3. The average molecular weight is 354 g/mol. The van der Waals surface area contributed by atoms with Gasteiger partial charge in [0.05, 0.1) is 11.1 Å². The highest BCUT2D eigenvalue weighted by Crippen LogP contribution is 2.19. The van der Waals surface area contributed by atoms with Gasteiger partial charge in [-0.2, -0.15) is 0 Å². The van der Waals surface area contributed by atoms with Crippen LogP contribution in [0.2, 0.25) is 5.02 Å². The van der Waals surface area contributed by atoms with Crippen LogP contribution in [-0.2, 0) is 9.53 Å². The summed E-state index contributed by atoms with van der Waals surface area (Å²) in [6.07, 6.45) is 0. The van der Waals surface area contributed by atoms with Crippen LogP contribution in [0.5, 0.6) is 0 Å². The monoisotopic (exact) mass is 353 g/mol. The van der Waals surface area contributed by atoms with Gasteiger partial charge in [-0.1, -0.05) is 29.8 Å². The molecule has 1 N–H and O–H groups in total. The second kappa shape index (κ2) is 7.88. The molecule has 2 rings (SSSR count). The highest BCUT2D eigenvalue weighted by atomic mass is 35.5. The Balaban J connectivity index is 1.91. The second-order valence-corrected chi connectivity index (χ2v) is 5.42. The maximum absolute atomic E-state index is 13.6. The summed E-state index contributed by atoms with van der Waals surface area (Å²) in [6, 6.07) is 8.98. The highest BCUT2D eigenvalue weighted by molar-refractivity contribution is 6.33. The second-order valence-electron chi connectivity index (χ2n) is 5.01. The van der Waals surface area contributed by atoms with E-state index in [-0.39, 0.29) is 10.8 Å². The summed E-state index contributed by atoms with van der Waals surface area (Å²) in [7, 11) is 0. The number of hydrogen-bond donors (Lipinski definition) is 1. The van der Waals surface area contributed by atoms with Crippen molar-refractivity contribution in [3.05, 3.63) is 70.2 Å². The Labute approximate surface area is 142 Å². The van der Waals surface area contributed by atoms with E-state index in [2.05, 4.69) is 5.32 Å². The standard InChI is InChI=1S/C17H14ClF2NO3/c1-10(11-5-7-12(19)8-6-11)21-15(22)9-24-17(23)16-13(18)3-2-4-14(16)20/h2-8,10H,9H2,1H3,(H,21,22)/t10-/m0/s1. The summed E-state index contributed by atoms with van der Waals surface area (Å²) in [5, 5.41) is 2.49. The van der Waals surface area contributed by atoms with Crippen LogP contribution in [0, 0.1) is 11.6 Å². The molecule has 2 aromatic rings. The third-order valence-corrected chi connectivity index (χ3v) is 3.56. The first-order chi connectivity index (χ1) is 11.4. The molecule has 0 aliphatic carbocycles. The van der Waals surface area contributed by atoms with Crippen LogP contribution >= 0.6 is 11.6 Å². The van der Waals surface area contributed by atoms with Gasteiger partial charge >= 0.3 is 5.97 Å². The van der Waals surface area contributed by atoms with E-state index in [1.807, 2.05) is 0 Å². The summed E-state index contributed by atoms with van der Waals surface area (Å²) < 4.78 is 31.2. The fraction of sp³-hybridized carbons (Fsp3) is 0.176. The third kappa shape index (κ3) is 4.52. The first-order valence-electron chi connectivity index (χ1n) is 7.04. The van der Waals surface area contributed by atoms with Crippen LogP contribution in [0.4, 0.5) is 8.78 Å². The molecule has 0 aromatic heterocycles. The van der Waals surface area contributed by atoms with Crippen molar-refractivity contribution in [1.29, 1.82) is 0 Å². The van der Waals surface area contributed by atoms with Crippen molar-refractivity contribution in [3.63, 3.8) is 0 Å². The van der Waals surface area contributed by atoms with Crippen molar-refractivity contribution in [2.75, 3.05) is 6.61 Å². The minimum Gasteiger partial charge on any atom is -0.452 e. The van der Waals surface area contributed by atoms with Gasteiger partial charge in [-0.15, -0.1) is 0 Å². The van der Waals surface area contributed by atoms with Crippen molar-refractivity contribution >= 4 is 23.5 Å². The van der Waals surface area contributed by atoms with Crippen LogP contribution in [0.25, 0.3) is 0 Å². The van der Waals surface area contributed by atoms with Gasteiger partial charge in [-0.05, 0) is 36.8 Å². The van der Waals surface area contributed by atoms with Crippen LogP contribution in [-0.4, -0.2) is 18.5 Å². The van der Waals surface area contributed by atoms with Crippen molar-refractivity contribution in [2.24, 2.45) is 0 Å². The molecule has 0 spiro atoms. The zero-order valence-corrected chi connectivity index (χ0v) is 13.4. The van der Waals surface area contributed by atoms with E-state index in [1.54, 1.807) is 6.92 Å². The Morgan fingerprint density at radius 1 is 1.17 bits per heavy atom. The van der Waals surface area contributed by atoms with E-state index in [0.29, 0.717) is 5.56 Å². The number of halogens is 3. The molecular weight excluding hydrogens is 340 g/mol. The Morgan fingerprint density at radius 2 is 1.83 bits per heavy atom. The minimum atomic E-state index is -1.03. The van der Waals surface area contributed by atoms with Gasteiger partial charge in [-0.25, -0.2) is 13.6 Å². The molecule has 0 aliphatic rings. The molecule has 0 saturated carbocycles. The Kier molecular flexibility index (Phi) is 5.87. The maximum atomic E-state index is 13.6. The molecule has 1 amide bonds. The predicted octanol–water partition coefficient (Wildman–Crippen LogP) is 3.65. The molecule has 0 unspecified atom stereocenters. The molecule has 126 valence electrons. The van der Waals surface area contributed by atoms with Crippen molar-refractivity contribution < 1.29 is 23.1 Å². The van der Waals surface area contributed by atoms with Crippen LogP contribution in [0.1, 0.15) is 28.9 Å². The molecule has 0 fully saturated rings. The fourth-order valence-corrected chi connectivity index (χ4v) is 2.25. The van der Waals surface area contributed by atoms with E-state index in [4.69, 9.17) is 16.3 Å². The van der Waals surface area contributed by atoms with E-state index in [9.17, 15) is 18.4 Å². The molecule has 0 aliphatic heterocycles.